The number of benzene rings is 1. The molecular weight excluding hydrogens is 296 g/mol. The van der Waals surface area contributed by atoms with E-state index in [1.807, 2.05) is 12.1 Å². The van der Waals surface area contributed by atoms with Gasteiger partial charge in [0.2, 0.25) is 6.10 Å². The molecule has 2 aliphatic heterocycles. The summed E-state index contributed by atoms with van der Waals surface area (Å²) >= 11 is 0. The molecule has 0 amide bonds. The highest BCUT2D eigenvalue weighted by atomic mass is 16.6. The Hall–Kier alpha value is -2.08. The van der Waals surface area contributed by atoms with Gasteiger partial charge in [-0.15, -0.1) is 0 Å². The molecule has 0 saturated carbocycles. The Morgan fingerprint density at radius 1 is 1.30 bits per heavy atom. The second kappa shape index (κ2) is 6.58. The third-order valence-electron chi connectivity index (χ3n) is 4.32. The Morgan fingerprint density at radius 3 is 2.74 bits per heavy atom. The van der Waals surface area contributed by atoms with Gasteiger partial charge in [-0.05, 0) is 26.1 Å². The Kier molecular flexibility index (Phi) is 4.52. The molecule has 124 valence electrons. The smallest absolute Gasteiger partial charge is 0.347 e. The van der Waals surface area contributed by atoms with Crippen molar-refractivity contribution in [2.75, 3.05) is 44.7 Å². The van der Waals surface area contributed by atoms with Gasteiger partial charge in [-0.3, -0.25) is 4.79 Å². The van der Waals surface area contributed by atoms with Gasteiger partial charge in [0.05, 0.1) is 24.3 Å². The number of nitrogens with zero attached hydrogens (tertiary/aromatic N) is 2. The van der Waals surface area contributed by atoms with Crippen LogP contribution in [0.2, 0.25) is 0 Å². The number of hydrogen-bond acceptors (Lipinski definition) is 6. The molecule has 2 aliphatic rings. The SMILES string of the molecule is CCOC(=O)C1CC(=O)c2cccc(N3CCN(C)CC3)c2O1. The molecule has 0 aliphatic carbocycles. The van der Waals surface area contributed by atoms with Gasteiger partial charge in [-0.2, -0.15) is 0 Å². The largest absolute Gasteiger partial charge is 0.475 e. The van der Waals surface area contributed by atoms with Crippen molar-refractivity contribution in [1.82, 2.24) is 4.90 Å². The van der Waals surface area contributed by atoms with E-state index in [1.165, 1.54) is 0 Å². The first-order valence-electron chi connectivity index (χ1n) is 8.03. The predicted molar refractivity (Wildman–Crippen MR) is 86.1 cm³/mol. The number of carbonyl (C=O) groups is 2. The summed E-state index contributed by atoms with van der Waals surface area (Å²) in [6.07, 6.45) is -0.804. The number of anilines is 1. The van der Waals surface area contributed by atoms with E-state index >= 15 is 0 Å². The number of carbonyl (C=O) groups excluding carboxylic acids is 2. The lowest BCUT2D eigenvalue weighted by Gasteiger charge is -2.36. The first-order valence-corrected chi connectivity index (χ1v) is 8.03. The van der Waals surface area contributed by atoms with Crippen molar-refractivity contribution in [2.24, 2.45) is 0 Å². The number of piperazine rings is 1. The lowest BCUT2D eigenvalue weighted by atomic mass is 9.99. The van der Waals surface area contributed by atoms with Crippen molar-refractivity contribution in [3.8, 4) is 5.75 Å². The zero-order valence-corrected chi connectivity index (χ0v) is 13.6. The van der Waals surface area contributed by atoms with E-state index in [2.05, 4.69) is 16.8 Å². The van der Waals surface area contributed by atoms with Crippen LogP contribution in [0.5, 0.6) is 5.75 Å². The van der Waals surface area contributed by atoms with Crippen LogP contribution >= 0.6 is 0 Å². The van der Waals surface area contributed by atoms with Crippen LogP contribution in [0.4, 0.5) is 5.69 Å². The average Bonchev–Trinajstić information content (AvgIpc) is 2.55. The van der Waals surface area contributed by atoms with E-state index in [0.29, 0.717) is 11.3 Å². The number of para-hydroxylation sites is 1. The van der Waals surface area contributed by atoms with Crippen molar-refractivity contribution in [3.05, 3.63) is 23.8 Å². The van der Waals surface area contributed by atoms with Crippen molar-refractivity contribution in [2.45, 2.75) is 19.4 Å². The van der Waals surface area contributed by atoms with Gasteiger partial charge in [0.1, 0.15) is 0 Å². The molecule has 23 heavy (non-hydrogen) atoms. The first-order chi connectivity index (χ1) is 11.1. The summed E-state index contributed by atoms with van der Waals surface area (Å²) in [6, 6.07) is 5.59. The van der Waals surface area contributed by atoms with Crippen molar-refractivity contribution in [1.29, 1.82) is 0 Å². The third-order valence-corrected chi connectivity index (χ3v) is 4.32. The molecule has 3 rings (SSSR count). The summed E-state index contributed by atoms with van der Waals surface area (Å²) in [5.41, 5.74) is 1.44. The molecule has 1 unspecified atom stereocenters. The molecule has 6 heteroatoms. The molecule has 2 heterocycles. The highest BCUT2D eigenvalue weighted by molar-refractivity contribution is 6.04. The van der Waals surface area contributed by atoms with Crippen molar-refractivity contribution >= 4 is 17.4 Å². The fraction of sp³-hybridized carbons (Fsp3) is 0.529. The summed E-state index contributed by atoms with van der Waals surface area (Å²) in [6.45, 7) is 5.67. The lowest BCUT2D eigenvalue weighted by molar-refractivity contribution is -0.151. The molecular formula is C17H22N2O4. The minimum atomic E-state index is -0.844. The second-order valence-electron chi connectivity index (χ2n) is 5.93. The lowest BCUT2D eigenvalue weighted by Crippen LogP contribution is -2.45. The zero-order valence-electron chi connectivity index (χ0n) is 13.6. The molecule has 1 aromatic carbocycles. The maximum absolute atomic E-state index is 12.4. The number of rotatable bonds is 3. The summed E-state index contributed by atoms with van der Waals surface area (Å²) in [4.78, 5) is 28.8. The molecule has 0 N–H and O–H groups in total. The fourth-order valence-electron chi connectivity index (χ4n) is 2.99. The molecule has 1 fully saturated rings. The van der Waals surface area contributed by atoms with Crippen LogP contribution in [0.3, 0.4) is 0 Å². The van der Waals surface area contributed by atoms with E-state index < -0.39 is 12.1 Å². The molecule has 1 aromatic rings. The van der Waals surface area contributed by atoms with Gasteiger partial charge in [0.25, 0.3) is 0 Å². The predicted octanol–water partition coefficient (Wildman–Crippen LogP) is 1.34. The molecule has 0 radical (unpaired) electrons. The van der Waals surface area contributed by atoms with Crippen LogP contribution < -0.4 is 9.64 Å². The van der Waals surface area contributed by atoms with E-state index in [0.717, 1.165) is 31.9 Å². The van der Waals surface area contributed by atoms with Gasteiger partial charge < -0.3 is 19.3 Å². The molecule has 1 atom stereocenters. The maximum Gasteiger partial charge on any atom is 0.347 e. The summed E-state index contributed by atoms with van der Waals surface area (Å²) in [5.74, 6) is -0.0219. The number of ether oxygens (including phenoxy) is 2. The third kappa shape index (κ3) is 3.17. The minimum Gasteiger partial charge on any atom is -0.475 e. The van der Waals surface area contributed by atoms with E-state index in [9.17, 15) is 9.59 Å². The number of Topliss-reactive ketones (excluding diaryl/α,β-unsaturated/α-hetero) is 1. The monoisotopic (exact) mass is 318 g/mol. The number of hydrogen-bond donors (Lipinski definition) is 0. The Bertz CT molecular complexity index is 609. The van der Waals surface area contributed by atoms with Crippen LogP contribution in [0.25, 0.3) is 0 Å². The van der Waals surface area contributed by atoms with Crippen LogP contribution in [0.15, 0.2) is 18.2 Å². The molecule has 0 spiro atoms. The average molecular weight is 318 g/mol. The van der Waals surface area contributed by atoms with Crippen LogP contribution in [-0.4, -0.2) is 62.6 Å². The molecule has 0 aromatic heterocycles. The highest BCUT2D eigenvalue weighted by Crippen LogP contribution is 2.37. The zero-order chi connectivity index (χ0) is 16.4. The van der Waals surface area contributed by atoms with Crippen LogP contribution in [0.1, 0.15) is 23.7 Å². The molecule has 0 bridgehead atoms. The number of esters is 1. The van der Waals surface area contributed by atoms with Gasteiger partial charge in [0.15, 0.2) is 11.5 Å². The van der Waals surface area contributed by atoms with Crippen LogP contribution in [-0.2, 0) is 9.53 Å². The Labute approximate surface area is 136 Å². The first kappa shape index (κ1) is 15.8. The van der Waals surface area contributed by atoms with Gasteiger partial charge in [0, 0.05) is 26.2 Å². The summed E-state index contributed by atoms with van der Waals surface area (Å²) in [5, 5.41) is 0. The van der Waals surface area contributed by atoms with E-state index in [-0.39, 0.29) is 18.8 Å². The number of likely N-dealkylation sites (N-methyl/N-ethyl adjacent to an activating group) is 1. The van der Waals surface area contributed by atoms with E-state index in [1.54, 1.807) is 13.0 Å². The number of fused-ring (bicyclic) bond motifs is 1. The topological polar surface area (TPSA) is 59.1 Å². The Balaban J connectivity index is 1.88. The number of ketones is 1. The van der Waals surface area contributed by atoms with Crippen LogP contribution in [0, 0.1) is 0 Å². The van der Waals surface area contributed by atoms with Gasteiger partial charge in [-0.25, -0.2) is 4.79 Å². The standard InChI is InChI=1S/C17H22N2O4/c1-3-22-17(21)15-11-14(20)12-5-4-6-13(16(12)23-15)19-9-7-18(2)8-10-19/h4-6,15H,3,7-11H2,1-2H3. The van der Waals surface area contributed by atoms with Gasteiger partial charge >= 0.3 is 5.97 Å². The normalized spacial score (nSPS) is 21.6. The van der Waals surface area contributed by atoms with E-state index in [4.69, 9.17) is 9.47 Å². The Morgan fingerprint density at radius 2 is 2.04 bits per heavy atom. The summed E-state index contributed by atoms with van der Waals surface area (Å²) in [7, 11) is 2.09. The fourth-order valence-corrected chi connectivity index (χ4v) is 2.99. The van der Waals surface area contributed by atoms with Crippen molar-refractivity contribution < 1.29 is 19.1 Å². The summed E-state index contributed by atoms with van der Waals surface area (Å²) < 4.78 is 10.9. The minimum absolute atomic E-state index is 0.0397. The van der Waals surface area contributed by atoms with Crippen molar-refractivity contribution in [3.63, 3.8) is 0 Å². The van der Waals surface area contributed by atoms with Gasteiger partial charge in [-0.1, -0.05) is 6.07 Å². The maximum atomic E-state index is 12.4. The molecule has 1 saturated heterocycles. The quantitative estimate of drug-likeness (QED) is 0.784. The second-order valence-corrected chi connectivity index (χ2v) is 5.93. The molecule has 6 nitrogen and oxygen atoms in total. The highest BCUT2D eigenvalue weighted by Gasteiger charge is 2.35.